The lowest BCUT2D eigenvalue weighted by Crippen LogP contribution is -2.40. The van der Waals surface area contributed by atoms with Gasteiger partial charge in [0, 0.05) is 18.7 Å². The predicted molar refractivity (Wildman–Crippen MR) is 65.9 cm³/mol. The zero-order valence-corrected chi connectivity index (χ0v) is 10.6. The molecule has 0 saturated carbocycles. The van der Waals surface area contributed by atoms with E-state index in [-0.39, 0.29) is 24.3 Å². The molecule has 0 radical (unpaired) electrons. The van der Waals surface area contributed by atoms with Crippen molar-refractivity contribution in [2.45, 2.75) is 39.2 Å². The van der Waals surface area contributed by atoms with E-state index in [4.69, 9.17) is 5.11 Å². The molecule has 1 rings (SSSR count). The highest BCUT2D eigenvalue weighted by atomic mass is 16.4. The van der Waals surface area contributed by atoms with E-state index in [1.807, 2.05) is 13.8 Å². The molecule has 1 aromatic rings. The summed E-state index contributed by atoms with van der Waals surface area (Å²) in [4.78, 5) is 22.4. The molecule has 1 amide bonds. The highest BCUT2D eigenvalue weighted by Gasteiger charge is 2.19. The summed E-state index contributed by atoms with van der Waals surface area (Å²) < 4.78 is 0. The van der Waals surface area contributed by atoms with Crippen LogP contribution in [0.5, 0.6) is 0 Å². The van der Waals surface area contributed by atoms with E-state index in [2.05, 4.69) is 15.5 Å². The smallest absolute Gasteiger partial charge is 0.305 e. The van der Waals surface area contributed by atoms with Gasteiger partial charge in [0.05, 0.1) is 12.6 Å². The van der Waals surface area contributed by atoms with Crippen molar-refractivity contribution >= 4 is 11.9 Å². The minimum absolute atomic E-state index is 0.0465. The Morgan fingerprint density at radius 2 is 2.22 bits per heavy atom. The SMILES string of the molecule is CC(C)C(CC(=O)O)NC(=O)CCc1cn[nH]c1. The fourth-order valence-corrected chi connectivity index (χ4v) is 1.59. The average Bonchev–Trinajstić information content (AvgIpc) is 2.77. The van der Waals surface area contributed by atoms with Crippen LogP contribution in [0.2, 0.25) is 0 Å². The van der Waals surface area contributed by atoms with Gasteiger partial charge in [-0.2, -0.15) is 5.10 Å². The number of amides is 1. The van der Waals surface area contributed by atoms with Gasteiger partial charge >= 0.3 is 5.97 Å². The number of rotatable bonds is 7. The molecule has 0 aliphatic carbocycles. The minimum Gasteiger partial charge on any atom is -0.481 e. The molecule has 18 heavy (non-hydrogen) atoms. The molecule has 100 valence electrons. The average molecular weight is 253 g/mol. The van der Waals surface area contributed by atoms with E-state index >= 15 is 0 Å². The largest absolute Gasteiger partial charge is 0.481 e. The normalized spacial score (nSPS) is 12.4. The van der Waals surface area contributed by atoms with Gasteiger partial charge in [-0.05, 0) is 17.9 Å². The topological polar surface area (TPSA) is 95.1 Å². The number of carboxylic acid groups (broad SMARTS) is 1. The standard InChI is InChI=1S/C12H19N3O3/c1-8(2)10(5-12(17)18)15-11(16)4-3-9-6-13-14-7-9/h6-8,10H,3-5H2,1-2H3,(H,13,14)(H,15,16)(H,17,18). The van der Waals surface area contributed by atoms with Crippen LogP contribution in [0.1, 0.15) is 32.3 Å². The second-order valence-electron chi connectivity index (χ2n) is 4.62. The van der Waals surface area contributed by atoms with E-state index in [1.54, 1.807) is 12.4 Å². The van der Waals surface area contributed by atoms with Gasteiger partial charge in [0.25, 0.3) is 0 Å². The summed E-state index contributed by atoms with van der Waals surface area (Å²) in [5.74, 6) is -0.932. The van der Waals surface area contributed by atoms with Gasteiger partial charge < -0.3 is 10.4 Å². The van der Waals surface area contributed by atoms with E-state index in [0.29, 0.717) is 12.8 Å². The van der Waals surface area contributed by atoms with Crippen LogP contribution in [-0.4, -0.2) is 33.2 Å². The minimum atomic E-state index is -0.899. The molecule has 0 aliphatic rings. The van der Waals surface area contributed by atoms with E-state index < -0.39 is 5.97 Å². The third-order valence-electron chi connectivity index (χ3n) is 2.74. The molecule has 0 spiro atoms. The van der Waals surface area contributed by atoms with Gasteiger partial charge in [0.15, 0.2) is 0 Å². The van der Waals surface area contributed by atoms with Crippen molar-refractivity contribution in [1.82, 2.24) is 15.5 Å². The third kappa shape index (κ3) is 4.99. The number of hydrogen-bond donors (Lipinski definition) is 3. The van der Waals surface area contributed by atoms with Crippen molar-refractivity contribution in [2.24, 2.45) is 5.92 Å². The molecule has 6 heteroatoms. The molecule has 0 fully saturated rings. The number of aliphatic carboxylic acids is 1. The Hall–Kier alpha value is -1.85. The number of hydrogen-bond acceptors (Lipinski definition) is 3. The van der Waals surface area contributed by atoms with Crippen LogP contribution in [0.3, 0.4) is 0 Å². The zero-order chi connectivity index (χ0) is 13.5. The number of carboxylic acids is 1. The molecule has 0 saturated heterocycles. The first-order valence-corrected chi connectivity index (χ1v) is 5.98. The predicted octanol–water partition coefficient (Wildman–Crippen LogP) is 0.958. The van der Waals surface area contributed by atoms with Gasteiger partial charge in [-0.1, -0.05) is 13.8 Å². The molecular formula is C12H19N3O3. The molecule has 1 atom stereocenters. The summed E-state index contributed by atoms with van der Waals surface area (Å²) in [6.07, 6.45) is 4.30. The van der Waals surface area contributed by atoms with Crippen molar-refractivity contribution < 1.29 is 14.7 Å². The third-order valence-corrected chi connectivity index (χ3v) is 2.74. The summed E-state index contributed by atoms with van der Waals surface area (Å²) in [7, 11) is 0. The molecule has 0 bridgehead atoms. The summed E-state index contributed by atoms with van der Waals surface area (Å²) >= 11 is 0. The second kappa shape index (κ2) is 6.78. The van der Waals surface area contributed by atoms with Crippen molar-refractivity contribution in [3.05, 3.63) is 18.0 Å². The molecule has 0 aromatic carbocycles. The van der Waals surface area contributed by atoms with Gasteiger partial charge in [0.1, 0.15) is 0 Å². The van der Waals surface area contributed by atoms with Gasteiger partial charge in [-0.15, -0.1) is 0 Å². The summed E-state index contributed by atoms with van der Waals surface area (Å²) in [5.41, 5.74) is 0.962. The summed E-state index contributed by atoms with van der Waals surface area (Å²) in [6.45, 7) is 3.79. The summed E-state index contributed by atoms with van der Waals surface area (Å²) in [6, 6.07) is -0.320. The Morgan fingerprint density at radius 3 is 2.72 bits per heavy atom. The lowest BCUT2D eigenvalue weighted by molar-refractivity contribution is -0.138. The van der Waals surface area contributed by atoms with Crippen LogP contribution < -0.4 is 5.32 Å². The van der Waals surface area contributed by atoms with Crippen LogP contribution in [0, 0.1) is 5.92 Å². The highest BCUT2D eigenvalue weighted by Crippen LogP contribution is 2.07. The number of nitrogens with zero attached hydrogens (tertiary/aromatic N) is 1. The maximum atomic E-state index is 11.7. The Kier molecular flexibility index (Phi) is 5.35. The van der Waals surface area contributed by atoms with Gasteiger partial charge in [-0.25, -0.2) is 0 Å². The number of carbonyl (C=O) groups is 2. The Bertz CT molecular complexity index is 387. The van der Waals surface area contributed by atoms with Crippen molar-refractivity contribution in [2.75, 3.05) is 0 Å². The van der Waals surface area contributed by atoms with Crippen molar-refractivity contribution in [1.29, 1.82) is 0 Å². The van der Waals surface area contributed by atoms with Crippen LogP contribution in [-0.2, 0) is 16.0 Å². The van der Waals surface area contributed by atoms with Crippen molar-refractivity contribution in [3.8, 4) is 0 Å². The van der Waals surface area contributed by atoms with Crippen LogP contribution in [0.15, 0.2) is 12.4 Å². The molecule has 0 aliphatic heterocycles. The fraction of sp³-hybridized carbons (Fsp3) is 0.583. The molecule has 3 N–H and O–H groups in total. The molecule has 1 unspecified atom stereocenters. The number of H-pyrrole nitrogens is 1. The number of nitrogens with one attached hydrogen (secondary N) is 2. The molecular weight excluding hydrogens is 234 g/mol. The Balaban J connectivity index is 2.38. The maximum Gasteiger partial charge on any atom is 0.305 e. The number of aryl methyl sites for hydroxylation is 1. The van der Waals surface area contributed by atoms with E-state index in [1.165, 1.54) is 0 Å². The lowest BCUT2D eigenvalue weighted by atomic mass is 10.0. The van der Waals surface area contributed by atoms with Gasteiger partial charge in [0.2, 0.25) is 5.91 Å². The van der Waals surface area contributed by atoms with Crippen molar-refractivity contribution in [3.63, 3.8) is 0 Å². The van der Waals surface area contributed by atoms with E-state index in [9.17, 15) is 9.59 Å². The van der Waals surface area contributed by atoms with E-state index in [0.717, 1.165) is 5.56 Å². The summed E-state index contributed by atoms with van der Waals surface area (Å²) in [5, 5.41) is 18.0. The van der Waals surface area contributed by atoms with Gasteiger partial charge in [-0.3, -0.25) is 14.7 Å². The number of aromatic nitrogens is 2. The fourth-order valence-electron chi connectivity index (χ4n) is 1.59. The second-order valence-corrected chi connectivity index (χ2v) is 4.62. The molecule has 1 heterocycles. The van der Waals surface area contributed by atoms with Crippen LogP contribution in [0.25, 0.3) is 0 Å². The maximum absolute atomic E-state index is 11.7. The number of carbonyl (C=O) groups excluding carboxylic acids is 1. The first-order chi connectivity index (χ1) is 8.49. The molecule has 1 aromatic heterocycles. The number of aromatic amines is 1. The zero-order valence-electron chi connectivity index (χ0n) is 10.6. The highest BCUT2D eigenvalue weighted by molar-refractivity contribution is 5.77. The first kappa shape index (κ1) is 14.2. The Morgan fingerprint density at radius 1 is 1.50 bits per heavy atom. The molecule has 6 nitrogen and oxygen atoms in total. The van der Waals surface area contributed by atoms with Crippen LogP contribution >= 0.6 is 0 Å². The lowest BCUT2D eigenvalue weighted by Gasteiger charge is -2.20. The first-order valence-electron chi connectivity index (χ1n) is 5.98. The monoisotopic (exact) mass is 253 g/mol. The quantitative estimate of drug-likeness (QED) is 0.674. The van der Waals surface area contributed by atoms with Crippen LogP contribution in [0.4, 0.5) is 0 Å². The Labute approximate surface area is 106 Å².